The van der Waals surface area contributed by atoms with E-state index in [4.69, 9.17) is 4.74 Å². The van der Waals surface area contributed by atoms with Crippen LogP contribution in [0.25, 0.3) is 0 Å². The Bertz CT molecular complexity index is 405. The highest BCUT2D eigenvalue weighted by atomic mass is 127. The van der Waals surface area contributed by atoms with Gasteiger partial charge in [0.05, 0.1) is 5.60 Å². The first kappa shape index (κ1) is 19.2. The fraction of sp³-hybridized carbons (Fsp3) is 0.941. The number of hydrogen-bond acceptors (Lipinski definition) is 3. The van der Waals surface area contributed by atoms with Crippen LogP contribution in [0, 0.1) is 5.41 Å². The third-order valence-corrected chi connectivity index (χ3v) is 5.86. The molecule has 2 heterocycles. The lowest BCUT2D eigenvalue weighted by atomic mass is 9.80. The predicted octanol–water partition coefficient (Wildman–Crippen LogP) is 2.38. The molecule has 134 valence electrons. The Morgan fingerprint density at radius 2 is 1.83 bits per heavy atom. The van der Waals surface area contributed by atoms with Gasteiger partial charge in [-0.05, 0) is 37.5 Å². The maximum atomic E-state index is 10.6. The topological polar surface area (TPSA) is 57.1 Å². The molecule has 6 heteroatoms. The van der Waals surface area contributed by atoms with Gasteiger partial charge in [0.25, 0.3) is 0 Å². The van der Waals surface area contributed by atoms with Crippen LogP contribution in [0.3, 0.4) is 0 Å². The summed E-state index contributed by atoms with van der Waals surface area (Å²) in [4.78, 5) is 6.83. The second-order valence-corrected chi connectivity index (χ2v) is 7.47. The zero-order valence-corrected chi connectivity index (χ0v) is 16.7. The number of aliphatic imine (C=N–C) groups is 1. The van der Waals surface area contributed by atoms with Crippen LogP contribution in [0.4, 0.5) is 0 Å². The molecular weight excluding hydrogens is 405 g/mol. The number of hydrogen-bond donors (Lipinski definition) is 2. The summed E-state index contributed by atoms with van der Waals surface area (Å²) in [7, 11) is 1.85. The molecule has 0 bridgehead atoms. The highest BCUT2D eigenvalue weighted by molar-refractivity contribution is 14.0. The van der Waals surface area contributed by atoms with Gasteiger partial charge >= 0.3 is 0 Å². The molecule has 3 fully saturated rings. The van der Waals surface area contributed by atoms with E-state index in [-0.39, 0.29) is 24.0 Å². The molecule has 3 aliphatic rings. The van der Waals surface area contributed by atoms with Crippen LogP contribution >= 0.6 is 24.0 Å². The zero-order valence-electron chi connectivity index (χ0n) is 14.4. The monoisotopic (exact) mass is 437 g/mol. The van der Waals surface area contributed by atoms with Crippen molar-refractivity contribution < 1.29 is 9.84 Å². The van der Waals surface area contributed by atoms with E-state index in [2.05, 4.69) is 15.2 Å². The molecule has 1 aliphatic carbocycles. The third-order valence-electron chi connectivity index (χ3n) is 5.86. The van der Waals surface area contributed by atoms with Crippen LogP contribution in [0.1, 0.15) is 51.4 Å². The molecule has 2 aliphatic heterocycles. The minimum absolute atomic E-state index is 0. The van der Waals surface area contributed by atoms with Gasteiger partial charge < -0.3 is 20.1 Å². The lowest BCUT2D eigenvalue weighted by molar-refractivity contribution is 0.00789. The van der Waals surface area contributed by atoms with Gasteiger partial charge in [0.1, 0.15) is 0 Å². The minimum Gasteiger partial charge on any atom is -0.388 e. The van der Waals surface area contributed by atoms with Gasteiger partial charge in [-0.2, -0.15) is 0 Å². The van der Waals surface area contributed by atoms with E-state index in [9.17, 15) is 5.11 Å². The van der Waals surface area contributed by atoms with E-state index in [1.54, 1.807) is 0 Å². The zero-order chi connectivity index (χ0) is 15.5. The second-order valence-electron chi connectivity index (χ2n) is 7.47. The Morgan fingerprint density at radius 3 is 2.48 bits per heavy atom. The normalized spacial score (nSPS) is 26.9. The van der Waals surface area contributed by atoms with Crippen molar-refractivity contribution in [2.24, 2.45) is 10.4 Å². The average molecular weight is 437 g/mol. The number of likely N-dealkylation sites (tertiary alicyclic amines) is 1. The van der Waals surface area contributed by atoms with Crippen molar-refractivity contribution in [3.63, 3.8) is 0 Å². The smallest absolute Gasteiger partial charge is 0.193 e. The van der Waals surface area contributed by atoms with Gasteiger partial charge in [-0.15, -0.1) is 24.0 Å². The van der Waals surface area contributed by atoms with Crippen molar-refractivity contribution in [2.45, 2.75) is 57.0 Å². The first-order valence-corrected chi connectivity index (χ1v) is 8.91. The van der Waals surface area contributed by atoms with Crippen molar-refractivity contribution in [3.8, 4) is 0 Å². The molecule has 0 radical (unpaired) electrons. The van der Waals surface area contributed by atoms with Crippen molar-refractivity contribution >= 4 is 29.9 Å². The van der Waals surface area contributed by atoms with Gasteiger partial charge in [0, 0.05) is 39.9 Å². The molecule has 1 saturated carbocycles. The fourth-order valence-electron chi connectivity index (χ4n) is 4.29. The highest BCUT2D eigenvalue weighted by Crippen LogP contribution is 2.39. The summed E-state index contributed by atoms with van der Waals surface area (Å²) < 4.78 is 5.52. The van der Waals surface area contributed by atoms with Crippen molar-refractivity contribution in [1.82, 2.24) is 10.2 Å². The Morgan fingerprint density at radius 1 is 1.13 bits per heavy atom. The van der Waals surface area contributed by atoms with E-state index in [1.165, 1.54) is 25.7 Å². The summed E-state index contributed by atoms with van der Waals surface area (Å²) in [6.45, 7) is 4.58. The molecule has 0 unspecified atom stereocenters. The second kappa shape index (κ2) is 8.34. The van der Waals surface area contributed by atoms with Crippen molar-refractivity contribution in [1.29, 1.82) is 0 Å². The predicted molar refractivity (Wildman–Crippen MR) is 103 cm³/mol. The number of aliphatic hydroxyl groups is 1. The molecule has 3 rings (SSSR count). The summed E-state index contributed by atoms with van der Waals surface area (Å²) in [5, 5.41) is 14.1. The lowest BCUT2D eigenvalue weighted by Gasteiger charge is -2.35. The molecule has 0 amide bonds. The average Bonchev–Trinajstić information content (AvgIpc) is 2.93. The molecule has 2 saturated heterocycles. The lowest BCUT2D eigenvalue weighted by Crippen LogP contribution is -2.49. The Kier molecular flexibility index (Phi) is 6.98. The number of nitrogens with one attached hydrogen (secondary N) is 1. The first-order chi connectivity index (χ1) is 10.6. The summed E-state index contributed by atoms with van der Waals surface area (Å²) in [6.07, 6.45) is 8.95. The van der Waals surface area contributed by atoms with E-state index in [0.717, 1.165) is 57.9 Å². The molecule has 0 aromatic carbocycles. The summed E-state index contributed by atoms with van der Waals surface area (Å²) >= 11 is 0. The van der Waals surface area contributed by atoms with Crippen LogP contribution in [0.2, 0.25) is 0 Å². The largest absolute Gasteiger partial charge is 0.388 e. The highest BCUT2D eigenvalue weighted by Gasteiger charge is 2.40. The van der Waals surface area contributed by atoms with Crippen molar-refractivity contribution in [3.05, 3.63) is 0 Å². The quantitative estimate of drug-likeness (QED) is 0.396. The molecule has 2 N–H and O–H groups in total. The van der Waals surface area contributed by atoms with Crippen molar-refractivity contribution in [2.75, 3.05) is 39.9 Å². The van der Waals surface area contributed by atoms with Crippen LogP contribution < -0.4 is 5.32 Å². The summed E-state index contributed by atoms with van der Waals surface area (Å²) in [5.74, 6) is 0.961. The Labute approximate surface area is 157 Å². The standard InChI is InChI=1S/C17H31N3O2.HI/c1-18-15(19-13-17(21)5-3-2-4-6-17)20-10-7-16(14-20)8-11-22-12-9-16;/h21H,2-14H2,1H3,(H,18,19);1H. The van der Waals surface area contributed by atoms with Gasteiger partial charge in [-0.25, -0.2) is 0 Å². The summed E-state index contributed by atoms with van der Waals surface area (Å²) in [6, 6.07) is 0. The SMILES string of the molecule is CN=C(NCC1(O)CCCCC1)N1CCC2(CCOCC2)C1.I. The fourth-order valence-corrected chi connectivity index (χ4v) is 4.29. The molecule has 0 atom stereocenters. The maximum Gasteiger partial charge on any atom is 0.193 e. The minimum atomic E-state index is -0.537. The molecular formula is C17H32IN3O2. The van der Waals surface area contributed by atoms with E-state index < -0.39 is 5.60 Å². The third kappa shape index (κ3) is 4.72. The molecule has 0 aromatic heterocycles. The molecule has 5 nitrogen and oxygen atoms in total. The van der Waals surface area contributed by atoms with Gasteiger partial charge in [-0.3, -0.25) is 4.99 Å². The van der Waals surface area contributed by atoms with Crippen LogP contribution in [-0.4, -0.2) is 61.5 Å². The Balaban J connectivity index is 0.00000192. The van der Waals surface area contributed by atoms with Gasteiger partial charge in [0.15, 0.2) is 5.96 Å². The number of ether oxygens (including phenoxy) is 1. The number of nitrogens with zero attached hydrogens (tertiary/aromatic N) is 2. The van der Waals surface area contributed by atoms with Crippen LogP contribution in [0.15, 0.2) is 4.99 Å². The summed E-state index contributed by atoms with van der Waals surface area (Å²) in [5.41, 5.74) is -0.109. The van der Waals surface area contributed by atoms with E-state index in [1.807, 2.05) is 7.05 Å². The van der Waals surface area contributed by atoms with Gasteiger partial charge in [-0.1, -0.05) is 19.3 Å². The maximum absolute atomic E-state index is 10.6. The number of rotatable bonds is 2. The van der Waals surface area contributed by atoms with Crippen LogP contribution in [-0.2, 0) is 4.74 Å². The van der Waals surface area contributed by atoms with Crippen LogP contribution in [0.5, 0.6) is 0 Å². The van der Waals surface area contributed by atoms with E-state index in [0.29, 0.717) is 12.0 Å². The Hall–Kier alpha value is -0.0800. The van der Waals surface area contributed by atoms with Gasteiger partial charge in [0.2, 0.25) is 0 Å². The molecule has 0 aromatic rings. The molecule has 1 spiro atoms. The van der Waals surface area contributed by atoms with E-state index >= 15 is 0 Å². The molecule has 23 heavy (non-hydrogen) atoms. The first-order valence-electron chi connectivity index (χ1n) is 8.91. The number of halogens is 1. The number of guanidine groups is 1.